The van der Waals surface area contributed by atoms with Gasteiger partial charge in [-0.05, 0) is 74.9 Å². The van der Waals surface area contributed by atoms with Gasteiger partial charge in [-0.3, -0.25) is 9.69 Å². The highest BCUT2D eigenvalue weighted by Gasteiger charge is 2.61. The Morgan fingerprint density at radius 2 is 1.74 bits per heavy atom. The molecule has 10 heteroatoms. The first kappa shape index (κ1) is 34.7. The number of fused-ring (bicyclic) bond motifs is 4. The van der Waals surface area contributed by atoms with Crippen LogP contribution in [0.25, 0.3) is 0 Å². The Morgan fingerprint density at radius 3 is 2.49 bits per heavy atom. The molecule has 1 aromatic carbocycles. The number of hydrogen-bond donors (Lipinski definition) is 0. The van der Waals surface area contributed by atoms with Crippen molar-refractivity contribution in [3.8, 4) is 0 Å². The maximum absolute atomic E-state index is 14.4. The Kier molecular flexibility index (Phi) is 11.8. The van der Waals surface area contributed by atoms with Crippen molar-refractivity contribution in [3.05, 3.63) is 65.1 Å². The highest BCUT2D eigenvalue weighted by molar-refractivity contribution is 6.09. The Bertz CT molecular complexity index is 1390. The van der Waals surface area contributed by atoms with Crippen LogP contribution in [0.4, 0.5) is 5.69 Å². The molecule has 3 heterocycles. The molecule has 0 aromatic heterocycles. The van der Waals surface area contributed by atoms with Crippen molar-refractivity contribution in [2.24, 2.45) is 5.92 Å². The number of hydrogen-bond acceptors (Lipinski definition) is 9. The van der Waals surface area contributed by atoms with Gasteiger partial charge in [0.2, 0.25) is 5.91 Å². The van der Waals surface area contributed by atoms with Crippen LogP contribution >= 0.6 is 0 Å². The number of anilines is 1. The van der Waals surface area contributed by atoms with Crippen molar-refractivity contribution in [2.75, 3.05) is 59.6 Å². The Labute approximate surface area is 278 Å². The molecule has 1 amide bonds. The number of ether oxygens (including phenoxy) is 5. The van der Waals surface area contributed by atoms with Crippen LogP contribution in [0.5, 0.6) is 0 Å². The van der Waals surface area contributed by atoms with Crippen LogP contribution in [0.2, 0.25) is 0 Å². The van der Waals surface area contributed by atoms with Crippen LogP contribution < -0.4 is 4.90 Å². The van der Waals surface area contributed by atoms with E-state index >= 15 is 0 Å². The van der Waals surface area contributed by atoms with Gasteiger partial charge in [-0.2, -0.15) is 0 Å². The first-order valence-corrected chi connectivity index (χ1v) is 17.0. The molecule has 0 radical (unpaired) electrons. The minimum atomic E-state index is -0.596. The second-order valence-electron chi connectivity index (χ2n) is 12.9. The quantitative estimate of drug-likeness (QED) is 0.109. The van der Waals surface area contributed by atoms with Gasteiger partial charge in [-0.15, -0.1) is 0 Å². The Balaban J connectivity index is 1.09. The lowest BCUT2D eigenvalue weighted by atomic mass is 9.70. The summed E-state index contributed by atoms with van der Waals surface area (Å²) in [6.07, 6.45) is 13.4. The SMILES string of the molecule is CO/C=C(/C(=O)OC)[C@@H]1CCN2CC[C@]3(C(=O)N(CCCCCCCCOC(=O)C4=CC=C(OC)C(OC)C4)c4ccccc43)C2C1. The summed E-state index contributed by atoms with van der Waals surface area (Å²) in [5, 5.41) is 0. The number of amides is 1. The van der Waals surface area contributed by atoms with Crippen LogP contribution in [0.1, 0.15) is 69.8 Å². The first-order chi connectivity index (χ1) is 22.9. The monoisotopic (exact) mass is 650 g/mol. The average Bonchev–Trinajstić information content (AvgIpc) is 3.60. The van der Waals surface area contributed by atoms with Crippen LogP contribution in [0.3, 0.4) is 0 Å². The van der Waals surface area contributed by atoms with Gasteiger partial charge < -0.3 is 28.6 Å². The lowest BCUT2D eigenvalue weighted by Crippen LogP contribution is -2.52. The molecule has 3 aliphatic heterocycles. The lowest BCUT2D eigenvalue weighted by molar-refractivity contribution is -0.140. The molecule has 256 valence electrons. The number of benzene rings is 1. The molecule has 5 rings (SSSR count). The maximum atomic E-state index is 14.4. The van der Waals surface area contributed by atoms with Gasteiger partial charge in [-0.25, -0.2) is 9.59 Å². The molecule has 0 saturated carbocycles. The normalized spacial score (nSPS) is 25.6. The van der Waals surface area contributed by atoms with Crippen LogP contribution in [0, 0.1) is 5.92 Å². The largest absolute Gasteiger partial charge is 0.504 e. The fraction of sp³-hybridized carbons (Fsp3) is 0.595. The zero-order chi connectivity index (χ0) is 33.4. The van der Waals surface area contributed by atoms with Gasteiger partial charge in [0, 0.05) is 37.4 Å². The predicted octanol–water partition coefficient (Wildman–Crippen LogP) is 5.22. The Morgan fingerprint density at radius 1 is 0.979 bits per heavy atom. The van der Waals surface area contributed by atoms with Crippen molar-refractivity contribution in [3.63, 3.8) is 0 Å². The Hall–Kier alpha value is -3.63. The van der Waals surface area contributed by atoms with E-state index in [-0.39, 0.29) is 35.9 Å². The summed E-state index contributed by atoms with van der Waals surface area (Å²) in [6, 6.07) is 8.30. The molecule has 1 spiro atoms. The van der Waals surface area contributed by atoms with E-state index in [0.717, 1.165) is 75.7 Å². The smallest absolute Gasteiger partial charge is 0.337 e. The number of para-hydroxylation sites is 1. The van der Waals surface area contributed by atoms with Crippen LogP contribution in [-0.4, -0.2) is 89.6 Å². The highest BCUT2D eigenvalue weighted by Crippen LogP contribution is 2.54. The topological polar surface area (TPSA) is 104 Å². The van der Waals surface area contributed by atoms with Crippen LogP contribution in [0.15, 0.2) is 59.6 Å². The van der Waals surface area contributed by atoms with E-state index in [1.165, 1.54) is 13.4 Å². The van der Waals surface area contributed by atoms with E-state index in [4.69, 9.17) is 23.7 Å². The van der Waals surface area contributed by atoms with Crippen molar-refractivity contribution in [1.29, 1.82) is 0 Å². The van der Waals surface area contributed by atoms with E-state index in [1.54, 1.807) is 33.5 Å². The molecule has 4 atom stereocenters. The number of carbonyl (C=O) groups is 3. The summed E-state index contributed by atoms with van der Waals surface area (Å²) in [5.74, 6) is 0.218. The number of nitrogens with zero attached hydrogens (tertiary/aromatic N) is 2. The number of methoxy groups -OCH3 is 4. The van der Waals surface area contributed by atoms with Crippen LogP contribution in [-0.2, 0) is 43.5 Å². The molecule has 1 aromatic rings. The first-order valence-electron chi connectivity index (χ1n) is 17.0. The third-order valence-corrected chi connectivity index (χ3v) is 10.4. The van der Waals surface area contributed by atoms with Gasteiger partial charge in [0.15, 0.2) is 0 Å². The number of unbranched alkanes of at least 4 members (excludes halogenated alkanes) is 5. The van der Waals surface area contributed by atoms with Crippen molar-refractivity contribution < 1.29 is 38.1 Å². The molecular formula is C37H50N2O8. The van der Waals surface area contributed by atoms with E-state index in [0.29, 0.717) is 42.9 Å². The third kappa shape index (κ3) is 7.14. The number of esters is 2. The summed E-state index contributed by atoms with van der Waals surface area (Å²) < 4.78 is 26.5. The average molecular weight is 651 g/mol. The van der Waals surface area contributed by atoms with Crippen molar-refractivity contribution in [2.45, 2.75) is 81.8 Å². The fourth-order valence-electron chi connectivity index (χ4n) is 8.00. The van der Waals surface area contributed by atoms with Gasteiger partial charge in [0.1, 0.15) is 11.9 Å². The maximum Gasteiger partial charge on any atom is 0.337 e. The lowest BCUT2D eigenvalue weighted by Gasteiger charge is -2.41. The number of piperidine rings is 1. The summed E-state index contributed by atoms with van der Waals surface area (Å²) >= 11 is 0. The summed E-state index contributed by atoms with van der Waals surface area (Å²) in [7, 11) is 6.14. The minimum absolute atomic E-state index is 0.0222. The molecule has 0 bridgehead atoms. The van der Waals surface area contributed by atoms with Crippen molar-refractivity contribution >= 4 is 23.5 Å². The molecule has 4 aliphatic rings. The molecule has 2 unspecified atom stereocenters. The second kappa shape index (κ2) is 16.0. The van der Waals surface area contributed by atoms with Gasteiger partial charge in [0.05, 0.1) is 45.2 Å². The van der Waals surface area contributed by atoms with E-state index in [9.17, 15) is 14.4 Å². The molecule has 2 fully saturated rings. The summed E-state index contributed by atoms with van der Waals surface area (Å²) in [5.41, 5.74) is 2.70. The second-order valence-corrected chi connectivity index (χ2v) is 12.9. The van der Waals surface area contributed by atoms with Gasteiger partial charge in [0.25, 0.3) is 0 Å². The molecule has 47 heavy (non-hydrogen) atoms. The zero-order valence-electron chi connectivity index (χ0n) is 28.3. The van der Waals surface area contributed by atoms with Gasteiger partial charge >= 0.3 is 11.9 Å². The van der Waals surface area contributed by atoms with Gasteiger partial charge in [-0.1, -0.05) is 43.9 Å². The predicted molar refractivity (Wildman–Crippen MR) is 178 cm³/mol. The highest BCUT2D eigenvalue weighted by atomic mass is 16.5. The fourth-order valence-corrected chi connectivity index (χ4v) is 8.00. The summed E-state index contributed by atoms with van der Waals surface area (Å²) in [4.78, 5) is 44.0. The van der Waals surface area contributed by atoms with E-state index in [2.05, 4.69) is 17.0 Å². The molecule has 0 N–H and O–H groups in total. The van der Waals surface area contributed by atoms with Crippen molar-refractivity contribution in [1.82, 2.24) is 4.90 Å². The summed E-state index contributed by atoms with van der Waals surface area (Å²) in [6.45, 7) is 2.80. The number of rotatable bonds is 15. The minimum Gasteiger partial charge on any atom is -0.504 e. The molecule has 2 saturated heterocycles. The zero-order valence-corrected chi connectivity index (χ0v) is 28.3. The molecule has 1 aliphatic carbocycles. The standard InChI is InChI=1S/C37H50N2O8/c1-43-25-28(35(41)46-4)26-17-20-38-21-18-37(33(38)24-26)29-13-9-10-14-30(29)39(36(37)42)19-11-7-5-6-8-12-22-47-34(40)27-15-16-31(44-2)32(23-27)45-3/h9-10,13-16,25-26,32-33H,5-8,11-12,17-24H2,1-4H3/b28-25+/t26-,32?,33?,37-/m1/s1. The van der Waals surface area contributed by atoms with E-state index in [1.807, 2.05) is 17.0 Å². The number of allylic oxidation sites excluding steroid dienone is 2. The molecule has 10 nitrogen and oxygen atoms in total. The third-order valence-electron chi connectivity index (χ3n) is 10.4. The molecular weight excluding hydrogens is 600 g/mol. The van der Waals surface area contributed by atoms with E-state index < -0.39 is 5.41 Å². The number of carbonyl (C=O) groups excluding carboxylic acids is 3.